The molecule has 0 bridgehead atoms. The molecule has 0 saturated carbocycles. The summed E-state index contributed by atoms with van der Waals surface area (Å²) in [6.07, 6.45) is -2.49. The Hall–Kier alpha value is -1.84. The van der Waals surface area contributed by atoms with Crippen molar-refractivity contribution in [3.05, 3.63) is 36.4 Å². The van der Waals surface area contributed by atoms with E-state index in [-0.39, 0.29) is 0 Å². The number of benzene rings is 2. The van der Waals surface area contributed by atoms with Crippen molar-refractivity contribution in [2.24, 2.45) is 0 Å². The van der Waals surface area contributed by atoms with Crippen LogP contribution in [0.25, 0.3) is 10.8 Å². The van der Waals surface area contributed by atoms with Crippen LogP contribution >= 0.6 is 0 Å². The van der Waals surface area contributed by atoms with Crippen LogP contribution in [0, 0.1) is 0 Å². The fourth-order valence-corrected chi connectivity index (χ4v) is 2.25. The van der Waals surface area contributed by atoms with E-state index < -0.39 is 12.1 Å². The third-order valence-electron chi connectivity index (χ3n) is 3.13. The Kier molecular flexibility index (Phi) is 2.02. The van der Waals surface area contributed by atoms with E-state index in [0.717, 1.165) is 22.1 Å². The zero-order chi connectivity index (χ0) is 12.0. The Morgan fingerprint density at radius 3 is 2.00 bits per heavy atom. The van der Waals surface area contributed by atoms with Crippen molar-refractivity contribution < 1.29 is 8.78 Å². The molecule has 0 aliphatic carbocycles. The van der Waals surface area contributed by atoms with E-state index in [9.17, 15) is 8.78 Å². The summed E-state index contributed by atoms with van der Waals surface area (Å²) in [7, 11) is 0. The summed E-state index contributed by atoms with van der Waals surface area (Å²) in [5.74, 6) is 0. The van der Waals surface area contributed by atoms with Crippen molar-refractivity contribution in [3.8, 4) is 0 Å². The summed E-state index contributed by atoms with van der Waals surface area (Å²) in [4.78, 5) is 0. The molecular formula is C13H12F2N2. The summed E-state index contributed by atoms with van der Waals surface area (Å²) >= 11 is 0. The summed E-state index contributed by atoms with van der Waals surface area (Å²) in [5, 5.41) is 7.76. The molecular weight excluding hydrogens is 222 g/mol. The molecule has 1 aliphatic heterocycles. The number of halogens is 2. The van der Waals surface area contributed by atoms with Crippen LogP contribution < -0.4 is 10.6 Å². The van der Waals surface area contributed by atoms with E-state index in [1.165, 1.54) is 6.92 Å². The summed E-state index contributed by atoms with van der Waals surface area (Å²) in [5.41, 5.74) is 0.0853. The highest BCUT2D eigenvalue weighted by molar-refractivity contribution is 6.05. The van der Waals surface area contributed by atoms with Gasteiger partial charge >= 0.3 is 0 Å². The van der Waals surface area contributed by atoms with Crippen LogP contribution in [-0.2, 0) is 0 Å². The highest BCUT2D eigenvalue weighted by atomic mass is 19.3. The first-order valence-electron chi connectivity index (χ1n) is 5.46. The zero-order valence-corrected chi connectivity index (χ0v) is 9.30. The van der Waals surface area contributed by atoms with Crippen molar-refractivity contribution in [3.63, 3.8) is 0 Å². The molecule has 2 nitrogen and oxygen atoms in total. The quantitative estimate of drug-likeness (QED) is 0.786. The molecule has 0 aromatic heterocycles. The van der Waals surface area contributed by atoms with Crippen LogP contribution in [0.15, 0.2) is 36.4 Å². The molecule has 0 amide bonds. The van der Waals surface area contributed by atoms with Crippen LogP contribution in [0.1, 0.15) is 6.92 Å². The predicted molar refractivity (Wildman–Crippen MR) is 65.6 cm³/mol. The van der Waals surface area contributed by atoms with E-state index >= 15 is 0 Å². The van der Waals surface area contributed by atoms with Gasteiger partial charge in [-0.3, -0.25) is 0 Å². The minimum Gasteiger partial charge on any atom is -0.358 e. The first kappa shape index (κ1) is 10.3. The number of rotatable bonds is 1. The summed E-state index contributed by atoms with van der Waals surface area (Å²) < 4.78 is 26.1. The number of alkyl halides is 2. The fraction of sp³-hybridized carbons (Fsp3) is 0.231. The van der Waals surface area contributed by atoms with Crippen molar-refractivity contribution >= 4 is 22.1 Å². The monoisotopic (exact) mass is 234 g/mol. The van der Waals surface area contributed by atoms with Crippen LogP contribution in [0.2, 0.25) is 0 Å². The van der Waals surface area contributed by atoms with E-state index in [4.69, 9.17) is 0 Å². The molecule has 2 N–H and O–H groups in total. The molecule has 2 aromatic rings. The van der Waals surface area contributed by atoms with Gasteiger partial charge in [-0.2, -0.15) is 0 Å². The van der Waals surface area contributed by atoms with Crippen LogP contribution in [0.4, 0.5) is 20.2 Å². The Morgan fingerprint density at radius 2 is 1.53 bits per heavy atom. The number of hydrogen-bond donors (Lipinski definition) is 2. The van der Waals surface area contributed by atoms with Gasteiger partial charge in [-0.25, -0.2) is 8.78 Å². The number of hydrogen-bond acceptors (Lipinski definition) is 2. The first-order valence-corrected chi connectivity index (χ1v) is 5.46. The predicted octanol–water partition coefficient (Wildman–Crippen LogP) is 3.66. The largest absolute Gasteiger partial charge is 0.358 e. The normalized spacial score (nSPS) is 16.7. The standard InChI is InChI=1S/C13H12F2N2/c1-13(12(14)15)16-9-6-2-4-8-5-3-7-10(17-13)11(8)9/h2-7,12,16-17H,1H3. The number of anilines is 2. The van der Waals surface area contributed by atoms with Gasteiger partial charge in [0.15, 0.2) is 5.66 Å². The molecule has 88 valence electrons. The third-order valence-corrected chi connectivity index (χ3v) is 3.13. The molecule has 17 heavy (non-hydrogen) atoms. The molecule has 0 atom stereocenters. The molecule has 1 aliphatic rings. The topological polar surface area (TPSA) is 24.1 Å². The van der Waals surface area contributed by atoms with Crippen molar-refractivity contribution in [1.29, 1.82) is 0 Å². The van der Waals surface area contributed by atoms with Crippen molar-refractivity contribution in [2.45, 2.75) is 19.0 Å². The molecule has 0 radical (unpaired) electrons. The average molecular weight is 234 g/mol. The van der Waals surface area contributed by atoms with Gasteiger partial charge < -0.3 is 10.6 Å². The second-order valence-corrected chi connectivity index (χ2v) is 4.46. The molecule has 0 saturated heterocycles. The number of nitrogens with one attached hydrogen (secondary N) is 2. The SMILES string of the molecule is CC1(C(F)F)Nc2cccc3cccc(c23)N1. The second kappa shape index (κ2) is 3.32. The van der Waals surface area contributed by atoms with Gasteiger partial charge in [0.25, 0.3) is 6.43 Å². The first-order chi connectivity index (χ1) is 8.10. The molecule has 3 rings (SSSR count). The van der Waals surface area contributed by atoms with Gasteiger partial charge in [0, 0.05) is 16.8 Å². The van der Waals surface area contributed by atoms with Crippen molar-refractivity contribution in [1.82, 2.24) is 0 Å². The van der Waals surface area contributed by atoms with Gasteiger partial charge in [0.2, 0.25) is 0 Å². The maximum absolute atomic E-state index is 13.1. The summed E-state index contributed by atoms with van der Waals surface area (Å²) in [6, 6.07) is 11.3. The third kappa shape index (κ3) is 1.44. The minimum absolute atomic E-state index is 0.750. The van der Waals surface area contributed by atoms with Crippen molar-refractivity contribution in [2.75, 3.05) is 10.6 Å². The van der Waals surface area contributed by atoms with Crippen LogP contribution in [-0.4, -0.2) is 12.1 Å². The molecule has 1 heterocycles. The highest BCUT2D eigenvalue weighted by Gasteiger charge is 2.38. The lowest BCUT2D eigenvalue weighted by Gasteiger charge is -2.37. The fourth-order valence-electron chi connectivity index (χ4n) is 2.25. The van der Waals surface area contributed by atoms with Crippen LogP contribution in [0.3, 0.4) is 0 Å². The van der Waals surface area contributed by atoms with E-state index in [0.29, 0.717) is 0 Å². The van der Waals surface area contributed by atoms with Gasteiger partial charge in [-0.1, -0.05) is 24.3 Å². The smallest absolute Gasteiger partial charge is 0.279 e. The Balaban J connectivity index is 2.24. The van der Waals surface area contributed by atoms with Gasteiger partial charge in [-0.05, 0) is 24.4 Å². The Labute approximate surface area is 97.6 Å². The van der Waals surface area contributed by atoms with Gasteiger partial charge in [0.05, 0.1) is 0 Å². The van der Waals surface area contributed by atoms with E-state index in [2.05, 4.69) is 10.6 Å². The zero-order valence-electron chi connectivity index (χ0n) is 9.30. The molecule has 2 aromatic carbocycles. The molecule has 4 heteroatoms. The highest BCUT2D eigenvalue weighted by Crippen LogP contribution is 2.39. The van der Waals surface area contributed by atoms with E-state index in [1.807, 2.05) is 36.4 Å². The lowest BCUT2D eigenvalue weighted by molar-refractivity contribution is 0.0890. The van der Waals surface area contributed by atoms with E-state index in [1.54, 1.807) is 0 Å². The van der Waals surface area contributed by atoms with Crippen LogP contribution in [0.5, 0.6) is 0 Å². The minimum atomic E-state index is -2.49. The lowest BCUT2D eigenvalue weighted by atomic mass is 10.0. The van der Waals surface area contributed by atoms with Gasteiger partial charge in [-0.15, -0.1) is 0 Å². The van der Waals surface area contributed by atoms with Gasteiger partial charge in [0.1, 0.15) is 0 Å². The molecule has 0 fully saturated rings. The second-order valence-electron chi connectivity index (χ2n) is 4.46. The molecule has 0 unspecified atom stereocenters. The summed E-state index contributed by atoms with van der Waals surface area (Å²) in [6.45, 7) is 1.46. The Morgan fingerprint density at radius 1 is 1.00 bits per heavy atom. The average Bonchev–Trinajstić information content (AvgIpc) is 2.29. The maximum Gasteiger partial charge on any atom is 0.279 e. The maximum atomic E-state index is 13.1. The Bertz CT molecular complexity index is 540. The lowest BCUT2D eigenvalue weighted by Crippen LogP contribution is -2.51. The molecule has 0 spiro atoms.